The van der Waals surface area contributed by atoms with Crippen LogP contribution < -0.4 is 5.32 Å². The van der Waals surface area contributed by atoms with Crippen molar-refractivity contribution < 1.29 is 4.79 Å². The zero-order valence-electron chi connectivity index (χ0n) is 14.8. The number of aryl methyl sites for hydroxylation is 1. The predicted octanol–water partition coefficient (Wildman–Crippen LogP) is 2.81. The van der Waals surface area contributed by atoms with Gasteiger partial charge in [0.2, 0.25) is 5.91 Å². The van der Waals surface area contributed by atoms with Crippen LogP contribution in [0.4, 0.5) is 0 Å². The lowest BCUT2D eigenvalue weighted by molar-refractivity contribution is -0.133. The minimum atomic E-state index is 0.158. The van der Waals surface area contributed by atoms with Crippen molar-refractivity contribution in [3.8, 4) is 0 Å². The van der Waals surface area contributed by atoms with E-state index in [2.05, 4.69) is 22.2 Å². The van der Waals surface area contributed by atoms with Crippen LogP contribution in [0.5, 0.6) is 0 Å². The molecule has 1 amide bonds. The Morgan fingerprint density at radius 3 is 3.00 bits per heavy atom. The summed E-state index contributed by atoms with van der Waals surface area (Å²) in [5, 5.41) is 6.54. The van der Waals surface area contributed by atoms with E-state index in [1.165, 1.54) is 0 Å². The van der Waals surface area contributed by atoms with E-state index in [0.717, 1.165) is 55.2 Å². The molecular weight excluding hydrogens is 332 g/mol. The molecule has 1 N–H and O–H groups in total. The summed E-state index contributed by atoms with van der Waals surface area (Å²) in [7, 11) is 0. The summed E-state index contributed by atoms with van der Waals surface area (Å²) in [6, 6.07) is 6.15. The van der Waals surface area contributed by atoms with Crippen LogP contribution in [-0.2, 0) is 24.2 Å². The second-order valence-corrected chi connectivity index (χ2v) is 7.38. The van der Waals surface area contributed by atoms with Crippen LogP contribution in [-0.4, -0.2) is 39.9 Å². The quantitative estimate of drug-likeness (QED) is 0.863. The van der Waals surface area contributed by atoms with Gasteiger partial charge in [-0.05, 0) is 50.9 Å². The van der Waals surface area contributed by atoms with Gasteiger partial charge < -0.3 is 10.2 Å². The Kier molecular flexibility index (Phi) is 6.53. The second kappa shape index (κ2) is 9.06. The summed E-state index contributed by atoms with van der Waals surface area (Å²) < 4.78 is 0. The first-order valence-electron chi connectivity index (χ1n) is 9.09. The largest absolute Gasteiger partial charge is 0.333 e. The molecule has 2 aromatic rings. The number of amides is 1. The van der Waals surface area contributed by atoms with Crippen molar-refractivity contribution >= 4 is 17.2 Å². The average molecular weight is 359 g/mol. The molecule has 134 valence electrons. The van der Waals surface area contributed by atoms with Crippen LogP contribution in [0.15, 0.2) is 29.8 Å². The van der Waals surface area contributed by atoms with Gasteiger partial charge in [-0.2, -0.15) is 0 Å². The summed E-state index contributed by atoms with van der Waals surface area (Å²) in [5.41, 5.74) is 1.84. The number of hydrogen-bond acceptors (Lipinski definition) is 5. The molecule has 0 aliphatic carbocycles. The summed E-state index contributed by atoms with van der Waals surface area (Å²) >= 11 is 1.64. The van der Waals surface area contributed by atoms with Gasteiger partial charge in [-0.1, -0.05) is 13.0 Å². The third-order valence-corrected chi connectivity index (χ3v) is 5.64. The van der Waals surface area contributed by atoms with Gasteiger partial charge in [-0.15, -0.1) is 11.3 Å². The van der Waals surface area contributed by atoms with Gasteiger partial charge in [0.05, 0.1) is 29.4 Å². The van der Waals surface area contributed by atoms with Gasteiger partial charge in [0.25, 0.3) is 0 Å². The molecule has 1 saturated heterocycles. The highest BCUT2D eigenvalue weighted by atomic mass is 32.1. The van der Waals surface area contributed by atoms with Crippen LogP contribution >= 0.6 is 11.3 Å². The predicted molar refractivity (Wildman–Crippen MR) is 100 cm³/mol. The van der Waals surface area contributed by atoms with Crippen LogP contribution in [0.25, 0.3) is 0 Å². The van der Waals surface area contributed by atoms with E-state index in [4.69, 9.17) is 0 Å². The molecule has 1 fully saturated rings. The Bertz CT molecular complexity index is 665. The van der Waals surface area contributed by atoms with Crippen molar-refractivity contribution in [1.82, 2.24) is 20.2 Å². The fraction of sp³-hybridized carbons (Fsp3) is 0.526. The maximum absolute atomic E-state index is 13.1. The molecule has 0 bridgehead atoms. The van der Waals surface area contributed by atoms with Gasteiger partial charge in [-0.3, -0.25) is 9.78 Å². The molecule has 25 heavy (non-hydrogen) atoms. The molecule has 1 aliphatic heterocycles. The molecule has 3 rings (SSSR count). The standard InChI is InChI=1S/C19H26N4OS/c1-2-18-22-16(14-25-18)12-19(24)23(13-15-6-3-4-10-21-15)17-7-5-9-20-11-8-17/h3-4,6,10,14,17,20H,2,5,7-9,11-13H2,1H3. The molecule has 3 heterocycles. The van der Waals surface area contributed by atoms with Crippen LogP contribution in [0, 0.1) is 0 Å². The Morgan fingerprint density at radius 1 is 1.32 bits per heavy atom. The lowest BCUT2D eigenvalue weighted by atomic mass is 10.1. The van der Waals surface area contributed by atoms with Crippen molar-refractivity contribution in [2.75, 3.05) is 13.1 Å². The lowest BCUT2D eigenvalue weighted by Gasteiger charge is -2.31. The summed E-state index contributed by atoms with van der Waals surface area (Å²) in [6.07, 6.45) is 6.24. The Morgan fingerprint density at radius 2 is 2.24 bits per heavy atom. The van der Waals surface area contributed by atoms with Crippen LogP contribution in [0.1, 0.15) is 42.6 Å². The maximum Gasteiger partial charge on any atom is 0.229 e. The van der Waals surface area contributed by atoms with Gasteiger partial charge in [-0.25, -0.2) is 4.98 Å². The highest BCUT2D eigenvalue weighted by molar-refractivity contribution is 7.09. The van der Waals surface area contributed by atoms with E-state index >= 15 is 0 Å². The van der Waals surface area contributed by atoms with E-state index in [-0.39, 0.29) is 11.9 Å². The first-order valence-corrected chi connectivity index (χ1v) is 9.97. The Balaban J connectivity index is 1.75. The van der Waals surface area contributed by atoms with Gasteiger partial charge in [0.1, 0.15) is 0 Å². The van der Waals surface area contributed by atoms with E-state index in [0.29, 0.717) is 13.0 Å². The Labute approximate surface area is 153 Å². The number of nitrogens with zero attached hydrogens (tertiary/aromatic N) is 3. The number of rotatable bonds is 6. The summed E-state index contributed by atoms with van der Waals surface area (Å²) in [6.45, 7) is 4.67. The third-order valence-electron chi connectivity index (χ3n) is 4.60. The van der Waals surface area contributed by atoms with Gasteiger partial charge in [0, 0.05) is 17.6 Å². The van der Waals surface area contributed by atoms with Crippen molar-refractivity contribution in [2.45, 2.75) is 51.6 Å². The monoisotopic (exact) mass is 358 g/mol. The molecule has 1 unspecified atom stereocenters. The lowest BCUT2D eigenvalue weighted by Crippen LogP contribution is -2.41. The molecule has 2 aromatic heterocycles. The summed E-state index contributed by atoms with van der Waals surface area (Å²) in [5.74, 6) is 0.158. The number of nitrogens with one attached hydrogen (secondary N) is 1. The maximum atomic E-state index is 13.1. The van der Waals surface area contributed by atoms with Crippen LogP contribution in [0.2, 0.25) is 0 Å². The topological polar surface area (TPSA) is 58.1 Å². The number of aromatic nitrogens is 2. The first-order chi connectivity index (χ1) is 12.3. The van der Waals surface area contributed by atoms with Crippen molar-refractivity contribution in [3.05, 3.63) is 46.2 Å². The van der Waals surface area contributed by atoms with E-state index in [1.807, 2.05) is 28.5 Å². The smallest absolute Gasteiger partial charge is 0.229 e. The molecule has 5 nitrogen and oxygen atoms in total. The molecule has 0 saturated carbocycles. The SMILES string of the molecule is CCc1nc(CC(=O)N(Cc2ccccn2)C2CCCNCC2)cs1. The number of thiazole rings is 1. The minimum absolute atomic E-state index is 0.158. The molecule has 0 aromatic carbocycles. The zero-order chi connectivity index (χ0) is 17.5. The fourth-order valence-electron chi connectivity index (χ4n) is 3.25. The number of carbonyl (C=O) groups is 1. The van der Waals surface area contributed by atoms with Crippen molar-refractivity contribution in [2.24, 2.45) is 0 Å². The highest BCUT2D eigenvalue weighted by Crippen LogP contribution is 2.19. The molecule has 6 heteroatoms. The van der Waals surface area contributed by atoms with E-state index < -0.39 is 0 Å². The molecular formula is C19H26N4OS. The van der Waals surface area contributed by atoms with E-state index in [9.17, 15) is 4.79 Å². The van der Waals surface area contributed by atoms with Gasteiger partial charge >= 0.3 is 0 Å². The second-order valence-electron chi connectivity index (χ2n) is 6.44. The Hall–Kier alpha value is -1.79. The average Bonchev–Trinajstić information content (AvgIpc) is 2.92. The molecule has 0 spiro atoms. The number of pyridine rings is 1. The van der Waals surface area contributed by atoms with E-state index in [1.54, 1.807) is 17.5 Å². The highest BCUT2D eigenvalue weighted by Gasteiger charge is 2.25. The van der Waals surface area contributed by atoms with Gasteiger partial charge in [0.15, 0.2) is 0 Å². The fourth-order valence-corrected chi connectivity index (χ4v) is 3.99. The number of carbonyl (C=O) groups excluding carboxylic acids is 1. The summed E-state index contributed by atoms with van der Waals surface area (Å²) in [4.78, 5) is 24.1. The van der Waals surface area contributed by atoms with Crippen molar-refractivity contribution in [1.29, 1.82) is 0 Å². The normalized spacial score (nSPS) is 17.9. The molecule has 1 atom stereocenters. The zero-order valence-corrected chi connectivity index (χ0v) is 15.6. The van der Waals surface area contributed by atoms with Crippen LogP contribution in [0.3, 0.4) is 0 Å². The number of hydrogen-bond donors (Lipinski definition) is 1. The first kappa shape index (κ1) is 18.0. The molecule has 0 radical (unpaired) electrons. The van der Waals surface area contributed by atoms with Crippen molar-refractivity contribution in [3.63, 3.8) is 0 Å². The third kappa shape index (κ3) is 5.09. The molecule has 1 aliphatic rings. The minimum Gasteiger partial charge on any atom is -0.333 e.